The van der Waals surface area contributed by atoms with Gasteiger partial charge in [-0.25, -0.2) is 0 Å². The van der Waals surface area contributed by atoms with Crippen molar-refractivity contribution >= 4 is 46.1 Å². The molecule has 1 aromatic carbocycles. The monoisotopic (exact) mass is 319 g/mol. The van der Waals surface area contributed by atoms with E-state index in [1.54, 1.807) is 6.21 Å². The number of nitrogens with two attached hydrogens (primary N) is 1. The second kappa shape index (κ2) is 5.26. The maximum Gasteiger partial charge on any atom is 0.184 e. The third-order valence-electron chi connectivity index (χ3n) is 1.64. The van der Waals surface area contributed by atoms with Gasteiger partial charge in [0.25, 0.3) is 0 Å². The zero-order chi connectivity index (χ0) is 10.6. The summed E-state index contributed by atoms with van der Waals surface area (Å²) >= 11 is 6.89. The fourth-order valence-corrected chi connectivity index (χ4v) is 1.79. The number of thiocarbonyl (C=S) groups is 1. The number of aryl methyl sites for hydroxylation is 1. The van der Waals surface area contributed by atoms with Crippen LogP contribution in [0.1, 0.15) is 11.1 Å². The molecule has 0 spiro atoms. The Kier molecular flexibility index (Phi) is 4.27. The Bertz CT molecular complexity index is 356. The molecule has 0 aliphatic heterocycles. The molecule has 14 heavy (non-hydrogen) atoms. The predicted molar refractivity (Wildman–Crippen MR) is 71.4 cm³/mol. The van der Waals surface area contributed by atoms with Gasteiger partial charge in [-0.3, -0.25) is 5.43 Å². The molecule has 0 fully saturated rings. The van der Waals surface area contributed by atoms with Crippen LogP contribution < -0.4 is 11.2 Å². The van der Waals surface area contributed by atoms with Crippen LogP contribution in [0.3, 0.4) is 0 Å². The first-order valence-corrected chi connectivity index (χ1v) is 5.43. The topological polar surface area (TPSA) is 50.4 Å². The van der Waals surface area contributed by atoms with Crippen molar-refractivity contribution in [2.24, 2.45) is 10.8 Å². The molecule has 1 rings (SSSR count). The minimum absolute atomic E-state index is 0.171. The first-order valence-electron chi connectivity index (χ1n) is 3.95. The van der Waals surface area contributed by atoms with Gasteiger partial charge < -0.3 is 5.73 Å². The molecule has 0 saturated heterocycles. The molecule has 0 amide bonds. The summed E-state index contributed by atoms with van der Waals surface area (Å²) in [5.41, 5.74) is 10.0. The van der Waals surface area contributed by atoms with Crippen LogP contribution in [0.2, 0.25) is 0 Å². The molecule has 0 unspecified atom stereocenters. The maximum atomic E-state index is 5.24. The van der Waals surface area contributed by atoms with Crippen LogP contribution >= 0.6 is 34.8 Å². The summed E-state index contributed by atoms with van der Waals surface area (Å²) in [4.78, 5) is 0. The summed E-state index contributed by atoms with van der Waals surface area (Å²) in [6.07, 6.45) is 1.72. The number of nitrogens with zero attached hydrogens (tertiary/aromatic N) is 1. The molecule has 0 aliphatic carbocycles. The van der Waals surface area contributed by atoms with Crippen LogP contribution in [-0.2, 0) is 0 Å². The smallest absolute Gasteiger partial charge is 0.184 e. The van der Waals surface area contributed by atoms with Crippen molar-refractivity contribution in [3.05, 3.63) is 32.9 Å². The minimum Gasteiger partial charge on any atom is -0.375 e. The van der Waals surface area contributed by atoms with Crippen molar-refractivity contribution in [1.82, 2.24) is 5.43 Å². The van der Waals surface area contributed by atoms with Gasteiger partial charge in [0.2, 0.25) is 0 Å². The number of nitrogens with one attached hydrogen (secondary N) is 1. The van der Waals surface area contributed by atoms with Crippen molar-refractivity contribution < 1.29 is 0 Å². The molecule has 3 N–H and O–H groups in total. The largest absolute Gasteiger partial charge is 0.375 e. The van der Waals surface area contributed by atoms with E-state index in [1.807, 2.05) is 25.1 Å². The zero-order valence-corrected chi connectivity index (χ0v) is 10.6. The fourth-order valence-electron chi connectivity index (χ4n) is 0.969. The summed E-state index contributed by atoms with van der Waals surface area (Å²) < 4.78 is 1.15. The molecule has 0 aromatic heterocycles. The van der Waals surface area contributed by atoms with E-state index in [2.05, 4.69) is 45.3 Å². The van der Waals surface area contributed by atoms with E-state index < -0.39 is 0 Å². The van der Waals surface area contributed by atoms with E-state index in [4.69, 9.17) is 5.73 Å². The van der Waals surface area contributed by atoms with Crippen molar-refractivity contribution in [3.63, 3.8) is 0 Å². The fraction of sp³-hybridized carbons (Fsp3) is 0.111. The average molecular weight is 319 g/mol. The third-order valence-corrected chi connectivity index (χ3v) is 2.67. The maximum absolute atomic E-state index is 5.24. The van der Waals surface area contributed by atoms with Crippen molar-refractivity contribution in [2.45, 2.75) is 6.92 Å². The van der Waals surface area contributed by atoms with E-state index in [0.29, 0.717) is 0 Å². The zero-order valence-electron chi connectivity index (χ0n) is 7.62. The van der Waals surface area contributed by atoms with Gasteiger partial charge >= 0.3 is 0 Å². The molecule has 0 aliphatic rings. The minimum atomic E-state index is 0.171. The lowest BCUT2D eigenvalue weighted by atomic mass is 10.1. The Morgan fingerprint density at radius 2 is 2.36 bits per heavy atom. The van der Waals surface area contributed by atoms with Crippen LogP contribution in [0.25, 0.3) is 0 Å². The Morgan fingerprint density at radius 1 is 1.64 bits per heavy atom. The summed E-state index contributed by atoms with van der Waals surface area (Å²) in [7, 11) is 0. The molecule has 0 atom stereocenters. The van der Waals surface area contributed by atoms with Gasteiger partial charge in [-0.15, -0.1) is 0 Å². The van der Waals surface area contributed by atoms with Crippen LogP contribution in [0, 0.1) is 10.5 Å². The van der Waals surface area contributed by atoms with Crippen LogP contribution in [0.5, 0.6) is 0 Å². The summed E-state index contributed by atoms with van der Waals surface area (Å²) in [5, 5.41) is 4.09. The quantitative estimate of drug-likeness (QED) is 0.378. The molecular formula is C9H10IN3S. The number of rotatable bonds is 2. The Morgan fingerprint density at radius 3 is 2.93 bits per heavy atom. The van der Waals surface area contributed by atoms with Crippen molar-refractivity contribution in [3.8, 4) is 0 Å². The Balaban J connectivity index is 2.85. The molecule has 0 heterocycles. The summed E-state index contributed by atoms with van der Waals surface area (Å²) in [6.45, 7) is 2.03. The SMILES string of the molecule is Cc1cccc(I)c1C=NNC(N)=S. The molecule has 0 saturated carbocycles. The van der Waals surface area contributed by atoms with Crippen molar-refractivity contribution in [2.75, 3.05) is 0 Å². The van der Waals surface area contributed by atoms with Gasteiger partial charge in [0.05, 0.1) is 6.21 Å². The standard InChI is InChI=1S/C9H10IN3S/c1-6-3-2-4-8(10)7(6)5-12-13-9(11)14/h2-5H,1H3,(H3,11,13,14). The Hall–Kier alpha value is -0.690. The van der Waals surface area contributed by atoms with Crippen LogP contribution in [0.4, 0.5) is 0 Å². The van der Waals surface area contributed by atoms with Gasteiger partial charge in [-0.2, -0.15) is 5.10 Å². The lowest BCUT2D eigenvalue weighted by Crippen LogP contribution is -2.24. The molecule has 0 bridgehead atoms. The lowest BCUT2D eigenvalue weighted by molar-refractivity contribution is 1.04. The molecule has 1 aromatic rings. The van der Waals surface area contributed by atoms with Gasteiger partial charge in [-0.05, 0) is 53.4 Å². The number of hydrogen-bond donors (Lipinski definition) is 2. The molecule has 3 nitrogen and oxygen atoms in total. The highest BCUT2D eigenvalue weighted by molar-refractivity contribution is 14.1. The predicted octanol–water partition coefficient (Wildman–Crippen LogP) is 1.77. The summed E-state index contributed by atoms with van der Waals surface area (Å²) in [5.74, 6) is 0. The number of hydrogen-bond acceptors (Lipinski definition) is 2. The molecule has 74 valence electrons. The molecular weight excluding hydrogens is 309 g/mol. The highest BCUT2D eigenvalue weighted by Gasteiger charge is 1.98. The number of halogens is 1. The van der Waals surface area contributed by atoms with Crippen molar-refractivity contribution in [1.29, 1.82) is 0 Å². The average Bonchev–Trinajstić information content (AvgIpc) is 2.09. The highest BCUT2D eigenvalue weighted by Crippen LogP contribution is 2.13. The van der Waals surface area contributed by atoms with Crippen LogP contribution in [0.15, 0.2) is 23.3 Å². The highest BCUT2D eigenvalue weighted by atomic mass is 127. The van der Waals surface area contributed by atoms with E-state index in [-0.39, 0.29) is 5.11 Å². The van der Waals surface area contributed by atoms with Gasteiger partial charge in [-0.1, -0.05) is 12.1 Å². The summed E-state index contributed by atoms with van der Waals surface area (Å²) in [6, 6.07) is 6.06. The first kappa shape index (κ1) is 11.4. The van der Waals surface area contributed by atoms with Crippen LogP contribution in [-0.4, -0.2) is 11.3 Å². The van der Waals surface area contributed by atoms with Gasteiger partial charge in [0.15, 0.2) is 5.11 Å². The second-order valence-electron chi connectivity index (χ2n) is 2.70. The number of hydrazone groups is 1. The lowest BCUT2D eigenvalue weighted by Gasteiger charge is -2.02. The van der Waals surface area contributed by atoms with Gasteiger partial charge in [0, 0.05) is 9.13 Å². The first-order chi connectivity index (χ1) is 6.61. The number of benzene rings is 1. The third kappa shape index (κ3) is 3.22. The van der Waals surface area contributed by atoms with E-state index in [1.165, 1.54) is 5.56 Å². The second-order valence-corrected chi connectivity index (χ2v) is 4.31. The molecule has 5 heteroatoms. The Labute approximate surface area is 102 Å². The van der Waals surface area contributed by atoms with E-state index in [9.17, 15) is 0 Å². The van der Waals surface area contributed by atoms with E-state index in [0.717, 1.165) is 9.13 Å². The van der Waals surface area contributed by atoms with Gasteiger partial charge in [0.1, 0.15) is 0 Å². The van der Waals surface area contributed by atoms with E-state index >= 15 is 0 Å². The molecule has 0 radical (unpaired) electrons. The normalized spacial score (nSPS) is 10.4.